The van der Waals surface area contributed by atoms with Crippen LogP contribution < -0.4 is 4.90 Å². The Kier molecular flexibility index (Phi) is 2.17. The summed E-state index contributed by atoms with van der Waals surface area (Å²) < 4.78 is 5.28. The SMILES string of the molecule is O=Cc1ccc2nc(N3CC4(COC4)C3)ccc2c1. The number of aldehydes is 1. The molecule has 0 N–H and O–H groups in total. The molecule has 4 nitrogen and oxygen atoms in total. The zero-order chi connectivity index (χ0) is 12.9. The molecule has 4 heteroatoms. The van der Waals surface area contributed by atoms with Crippen molar-refractivity contribution in [3.8, 4) is 0 Å². The van der Waals surface area contributed by atoms with Crippen LogP contribution in [0.4, 0.5) is 5.82 Å². The highest BCUT2D eigenvalue weighted by Crippen LogP contribution is 2.39. The predicted molar refractivity (Wildman–Crippen MR) is 72.6 cm³/mol. The van der Waals surface area contributed by atoms with Crippen molar-refractivity contribution in [2.45, 2.75) is 0 Å². The smallest absolute Gasteiger partial charge is 0.150 e. The van der Waals surface area contributed by atoms with Gasteiger partial charge >= 0.3 is 0 Å². The van der Waals surface area contributed by atoms with Gasteiger partial charge in [0.2, 0.25) is 0 Å². The summed E-state index contributed by atoms with van der Waals surface area (Å²) in [6, 6.07) is 9.65. The van der Waals surface area contributed by atoms with Crippen LogP contribution in [0.15, 0.2) is 30.3 Å². The Morgan fingerprint density at radius 3 is 2.74 bits per heavy atom. The van der Waals surface area contributed by atoms with E-state index < -0.39 is 0 Å². The Morgan fingerprint density at radius 2 is 2.05 bits per heavy atom. The topological polar surface area (TPSA) is 42.4 Å². The lowest BCUT2D eigenvalue weighted by molar-refractivity contribution is -0.127. The molecule has 0 aliphatic carbocycles. The van der Waals surface area contributed by atoms with Crippen molar-refractivity contribution in [2.75, 3.05) is 31.2 Å². The van der Waals surface area contributed by atoms with Gasteiger partial charge in [0.15, 0.2) is 0 Å². The number of carbonyl (C=O) groups is 1. The Hall–Kier alpha value is -1.94. The molecule has 0 bridgehead atoms. The number of ether oxygens (including phenoxy) is 1. The van der Waals surface area contributed by atoms with Gasteiger partial charge in [-0.15, -0.1) is 0 Å². The molecule has 0 radical (unpaired) electrons. The van der Waals surface area contributed by atoms with E-state index in [4.69, 9.17) is 4.74 Å². The molecule has 2 aliphatic rings. The standard InChI is InChI=1S/C15H14N2O2/c18-6-11-1-3-13-12(5-11)2-4-14(16-13)17-7-15(8-17)9-19-10-15/h1-6H,7-10H2. The second-order valence-corrected chi connectivity index (χ2v) is 5.59. The first kappa shape index (κ1) is 10.9. The summed E-state index contributed by atoms with van der Waals surface area (Å²) in [5, 5.41) is 1.01. The number of aromatic nitrogens is 1. The van der Waals surface area contributed by atoms with Crippen LogP contribution in [0.25, 0.3) is 10.9 Å². The van der Waals surface area contributed by atoms with Crippen LogP contribution in [0, 0.1) is 5.41 Å². The molecule has 2 fully saturated rings. The number of pyridine rings is 1. The first-order valence-electron chi connectivity index (χ1n) is 6.47. The van der Waals surface area contributed by atoms with Crippen LogP contribution >= 0.6 is 0 Å². The van der Waals surface area contributed by atoms with Gasteiger partial charge in [0.25, 0.3) is 0 Å². The minimum Gasteiger partial charge on any atom is -0.380 e. The van der Waals surface area contributed by atoms with Crippen LogP contribution in [0.2, 0.25) is 0 Å². The molecule has 1 aromatic carbocycles. The molecule has 0 amide bonds. The Balaban J connectivity index is 1.63. The van der Waals surface area contributed by atoms with Crippen molar-refractivity contribution in [3.63, 3.8) is 0 Å². The molecule has 96 valence electrons. The van der Waals surface area contributed by atoms with Crippen molar-refractivity contribution in [2.24, 2.45) is 5.41 Å². The van der Waals surface area contributed by atoms with Gasteiger partial charge in [-0.25, -0.2) is 4.98 Å². The number of hydrogen-bond acceptors (Lipinski definition) is 4. The van der Waals surface area contributed by atoms with Crippen molar-refractivity contribution in [1.29, 1.82) is 0 Å². The predicted octanol–water partition coefficient (Wildman–Crippen LogP) is 1.88. The van der Waals surface area contributed by atoms with E-state index in [0.29, 0.717) is 11.0 Å². The molecule has 1 spiro atoms. The number of benzene rings is 1. The molecular weight excluding hydrogens is 240 g/mol. The molecule has 2 saturated heterocycles. The first-order chi connectivity index (χ1) is 9.28. The van der Waals surface area contributed by atoms with E-state index in [1.54, 1.807) is 0 Å². The van der Waals surface area contributed by atoms with Crippen LogP contribution in [0.3, 0.4) is 0 Å². The minimum absolute atomic E-state index is 0.401. The first-order valence-corrected chi connectivity index (χ1v) is 6.47. The van der Waals surface area contributed by atoms with Crippen molar-refractivity contribution in [3.05, 3.63) is 35.9 Å². The van der Waals surface area contributed by atoms with Crippen molar-refractivity contribution >= 4 is 23.0 Å². The zero-order valence-electron chi connectivity index (χ0n) is 10.5. The fourth-order valence-electron chi connectivity index (χ4n) is 2.88. The van der Waals surface area contributed by atoms with Gasteiger partial charge in [-0.1, -0.05) is 0 Å². The Labute approximate surface area is 111 Å². The fourth-order valence-corrected chi connectivity index (χ4v) is 2.88. The summed E-state index contributed by atoms with van der Waals surface area (Å²) in [5.74, 6) is 1.02. The fraction of sp³-hybridized carbons (Fsp3) is 0.333. The molecule has 2 aliphatic heterocycles. The maximum absolute atomic E-state index is 10.8. The van der Waals surface area contributed by atoms with Crippen LogP contribution in [0.1, 0.15) is 10.4 Å². The average molecular weight is 254 g/mol. The molecule has 2 aromatic rings. The monoisotopic (exact) mass is 254 g/mol. The number of hydrogen-bond donors (Lipinski definition) is 0. The van der Waals surface area contributed by atoms with E-state index in [2.05, 4.69) is 9.88 Å². The van der Waals surface area contributed by atoms with Gasteiger partial charge in [0, 0.05) is 24.0 Å². The second-order valence-electron chi connectivity index (χ2n) is 5.59. The number of nitrogens with zero attached hydrogens (tertiary/aromatic N) is 2. The van der Waals surface area contributed by atoms with Crippen molar-refractivity contribution < 1.29 is 9.53 Å². The molecular formula is C15H14N2O2. The maximum atomic E-state index is 10.8. The quantitative estimate of drug-likeness (QED) is 0.767. The van der Waals surface area contributed by atoms with E-state index in [1.807, 2.05) is 30.3 Å². The van der Waals surface area contributed by atoms with Gasteiger partial charge in [0.05, 0.1) is 24.1 Å². The molecule has 3 heterocycles. The molecule has 0 atom stereocenters. The summed E-state index contributed by atoms with van der Waals surface area (Å²) in [6.07, 6.45) is 0.864. The number of fused-ring (bicyclic) bond motifs is 1. The highest BCUT2D eigenvalue weighted by molar-refractivity contribution is 5.87. The second kappa shape index (κ2) is 3.78. The van der Waals surface area contributed by atoms with Crippen LogP contribution in [-0.4, -0.2) is 37.6 Å². The third kappa shape index (κ3) is 1.64. The van der Waals surface area contributed by atoms with Crippen molar-refractivity contribution in [1.82, 2.24) is 4.98 Å². The number of anilines is 1. The zero-order valence-corrected chi connectivity index (χ0v) is 10.5. The van der Waals surface area contributed by atoms with E-state index >= 15 is 0 Å². The highest BCUT2D eigenvalue weighted by Gasteiger charge is 2.49. The van der Waals surface area contributed by atoms with Crippen LogP contribution in [-0.2, 0) is 4.74 Å². The summed E-state index contributed by atoms with van der Waals surface area (Å²) in [4.78, 5) is 17.7. The van der Waals surface area contributed by atoms with Gasteiger partial charge < -0.3 is 9.64 Å². The lowest BCUT2D eigenvalue weighted by atomic mass is 9.78. The third-order valence-electron chi connectivity index (χ3n) is 4.03. The van der Waals surface area contributed by atoms with E-state index in [0.717, 1.165) is 49.3 Å². The summed E-state index contributed by atoms with van der Waals surface area (Å²) in [6.45, 7) is 3.86. The van der Waals surface area contributed by atoms with Gasteiger partial charge in [0.1, 0.15) is 12.1 Å². The van der Waals surface area contributed by atoms with Gasteiger partial charge in [-0.3, -0.25) is 4.79 Å². The molecule has 0 unspecified atom stereocenters. The largest absolute Gasteiger partial charge is 0.380 e. The van der Waals surface area contributed by atoms with Gasteiger partial charge in [-0.05, 0) is 30.3 Å². The number of carbonyl (C=O) groups excluding carboxylic acids is 1. The third-order valence-corrected chi connectivity index (χ3v) is 4.03. The van der Waals surface area contributed by atoms with E-state index in [9.17, 15) is 4.79 Å². The van der Waals surface area contributed by atoms with E-state index in [-0.39, 0.29) is 0 Å². The highest BCUT2D eigenvalue weighted by atomic mass is 16.5. The van der Waals surface area contributed by atoms with E-state index in [1.165, 1.54) is 0 Å². The lowest BCUT2D eigenvalue weighted by Crippen LogP contribution is -2.66. The molecule has 19 heavy (non-hydrogen) atoms. The number of rotatable bonds is 2. The minimum atomic E-state index is 0.401. The Bertz CT molecular complexity index is 656. The molecule has 4 rings (SSSR count). The Morgan fingerprint density at radius 1 is 1.21 bits per heavy atom. The molecule has 1 aromatic heterocycles. The average Bonchev–Trinajstić information content (AvgIpc) is 2.34. The summed E-state index contributed by atoms with van der Waals surface area (Å²) >= 11 is 0. The maximum Gasteiger partial charge on any atom is 0.150 e. The normalized spacial score (nSPS) is 20.1. The summed E-state index contributed by atoms with van der Waals surface area (Å²) in [7, 11) is 0. The molecule has 0 saturated carbocycles. The van der Waals surface area contributed by atoms with Gasteiger partial charge in [-0.2, -0.15) is 0 Å². The lowest BCUT2D eigenvalue weighted by Gasteiger charge is -2.55. The van der Waals surface area contributed by atoms with Crippen LogP contribution in [0.5, 0.6) is 0 Å². The summed E-state index contributed by atoms with van der Waals surface area (Å²) in [5.41, 5.74) is 2.03.